The molecule has 0 saturated carbocycles. The molecule has 0 radical (unpaired) electrons. The molecule has 1 heterocycles. The van der Waals surface area contributed by atoms with Crippen LogP contribution in [0.1, 0.15) is 18.9 Å². The zero-order valence-electron chi connectivity index (χ0n) is 10.0. The van der Waals surface area contributed by atoms with Gasteiger partial charge in [0.15, 0.2) is 0 Å². The number of nitrogens with zero attached hydrogens (tertiary/aromatic N) is 1. The lowest BCUT2D eigenvalue weighted by Crippen LogP contribution is -2.34. The van der Waals surface area contributed by atoms with Gasteiger partial charge in [-0.2, -0.15) is 0 Å². The van der Waals surface area contributed by atoms with Crippen molar-refractivity contribution in [2.45, 2.75) is 25.9 Å². The van der Waals surface area contributed by atoms with Crippen LogP contribution in [0.2, 0.25) is 5.02 Å². The van der Waals surface area contributed by atoms with E-state index < -0.39 is 0 Å². The van der Waals surface area contributed by atoms with Crippen molar-refractivity contribution < 1.29 is 4.39 Å². The number of hydrogen-bond acceptors (Lipinski definition) is 2. The van der Waals surface area contributed by atoms with E-state index in [2.05, 4.69) is 17.1 Å². The van der Waals surface area contributed by atoms with Crippen LogP contribution >= 0.6 is 11.6 Å². The molecule has 1 fully saturated rings. The summed E-state index contributed by atoms with van der Waals surface area (Å²) in [6.07, 6.45) is 1.10. The number of hydrogen-bond donors (Lipinski definition) is 1. The van der Waals surface area contributed by atoms with Gasteiger partial charge in [0.1, 0.15) is 5.82 Å². The fourth-order valence-electron chi connectivity index (χ4n) is 2.19. The van der Waals surface area contributed by atoms with Crippen LogP contribution in [-0.4, -0.2) is 30.6 Å². The fraction of sp³-hybridized carbons (Fsp3) is 0.538. The SMILES string of the molecule is CC1CCNCCN1Cc1cccc(Cl)c1F. The van der Waals surface area contributed by atoms with Crippen molar-refractivity contribution in [2.75, 3.05) is 19.6 Å². The van der Waals surface area contributed by atoms with E-state index in [1.807, 2.05) is 12.1 Å². The van der Waals surface area contributed by atoms with Gasteiger partial charge >= 0.3 is 0 Å². The lowest BCUT2D eigenvalue weighted by Gasteiger charge is -2.26. The third kappa shape index (κ3) is 3.18. The Morgan fingerprint density at radius 3 is 3.12 bits per heavy atom. The third-order valence-electron chi connectivity index (χ3n) is 3.34. The van der Waals surface area contributed by atoms with Gasteiger partial charge in [0.2, 0.25) is 0 Å². The Bertz CT molecular complexity index is 384. The highest BCUT2D eigenvalue weighted by atomic mass is 35.5. The van der Waals surface area contributed by atoms with E-state index in [0.29, 0.717) is 18.2 Å². The van der Waals surface area contributed by atoms with E-state index in [-0.39, 0.29) is 10.8 Å². The number of halogens is 2. The Morgan fingerprint density at radius 2 is 2.29 bits per heavy atom. The monoisotopic (exact) mass is 256 g/mol. The maximum atomic E-state index is 13.8. The van der Waals surface area contributed by atoms with Gasteiger partial charge in [-0.1, -0.05) is 23.7 Å². The van der Waals surface area contributed by atoms with E-state index in [0.717, 1.165) is 26.1 Å². The average molecular weight is 257 g/mol. The molecule has 2 nitrogen and oxygen atoms in total. The molecule has 0 amide bonds. The normalized spacial score (nSPS) is 22.4. The molecule has 94 valence electrons. The van der Waals surface area contributed by atoms with Crippen LogP contribution in [0.4, 0.5) is 4.39 Å². The van der Waals surface area contributed by atoms with E-state index in [1.165, 1.54) is 0 Å². The molecular formula is C13H18ClFN2. The van der Waals surface area contributed by atoms with Crippen molar-refractivity contribution in [1.82, 2.24) is 10.2 Å². The molecule has 0 bridgehead atoms. The summed E-state index contributed by atoms with van der Waals surface area (Å²) in [5.74, 6) is -0.279. The van der Waals surface area contributed by atoms with Gasteiger partial charge < -0.3 is 5.32 Å². The molecule has 1 unspecified atom stereocenters. The summed E-state index contributed by atoms with van der Waals surface area (Å²) < 4.78 is 13.8. The minimum atomic E-state index is -0.279. The van der Waals surface area contributed by atoms with Crippen LogP contribution in [0.15, 0.2) is 18.2 Å². The Hall–Kier alpha value is -0.640. The van der Waals surface area contributed by atoms with Gasteiger partial charge in [0.25, 0.3) is 0 Å². The lowest BCUT2D eigenvalue weighted by molar-refractivity contribution is 0.209. The van der Waals surface area contributed by atoms with Gasteiger partial charge in [-0.25, -0.2) is 4.39 Å². The summed E-state index contributed by atoms with van der Waals surface area (Å²) >= 11 is 5.79. The van der Waals surface area contributed by atoms with E-state index in [9.17, 15) is 4.39 Å². The molecule has 1 aliphatic rings. The van der Waals surface area contributed by atoms with Crippen molar-refractivity contribution in [1.29, 1.82) is 0 Å². The largest absolute Gasteiger partial charge is 0.315 e. The first-order valence-corrected chi connectivity index (χ1v) is 6.44. The molecule has 0 aromatic heterocycles. The second-order valence-electron chi connectivity index (χ2n) is 4.57. The van der Waals surface area contributed by atoms with E-state index in [4.69, 9.17) is 11.6 Å². The molecule has 1 N–H and O–H groups in total. The summed E-state index contributed by atoms with van der Waals surface area (Å²) in [6, 6.07) is 5.69. The predicted molar refractivity (Wildman–Crippen MR) is 68.8 cm³/mol. The second kappa shape index (κ2) is 5.80. The highest BCUT2D eigenvalue weighted by Crippen LogP contribution is 2.20. The topological polar surface area (TPSA) is 15.3 Å². The van der Waals surface area contributed by atoms with E-state index >= 15 is 0 Å². The summed E-state index contributed by atoms with van der Waals surface area (Å²) in [5, 5.41) is 3.57. The minimum Gasteiger partial charge on any atom is -0.315 e. The molecule has 0 spiro atoms. The number of nitrogens with one attached hydrogen (secondary N) is 1. The highest BCUT2D eigenvalue weighted by Gasteiger charge is 2.18. The maximum Gasteiger partial charge on any atom is 0.146 e. The zero-order valence-corrected chi connectivity index (χ0v) is 10.8. The molecule has 1 aromatic rings. The molecule has 2 rings (SSSR count). The van der Waals surface area contributed by atoms with Crippen molar-refractivity contribution >= 4 is 11.6 Å². The highest BCUT2D eigenvalue weighted by molar-refractivity contribution is 6.30. The van der Waals surface area contributed by atoms with Crippen molar-refractivity contribution in [3.05, 3.63) is 34.6 Å². The average Bonchev–Trinajstić information content (AvgIpc) is 2.51. The Balaban J connectivity index is 2.10. The molecule has 17 heavy (non-hydrogen) atoms. The Labute approximate surface area is 107 Å². The first-order valence-electron chi connectivity index (χ1n) is 6.06. The minimum absolute atomic E-state index is 0.211. The van der Waals surface area contributed by atoms with Gasteiger partial charge in [0, 0.05) is 31.2 Å². The zero-order chi connectivity index (χ0) is 12.3. The van der Waals surface area contributed by atoms with Crippen LogP contribution in [0, 0.1) is 5.82 Å². The number of benzene rings is 1. The molecule has 1 aliphatic heterocycles. The van der Waals surface area contributed by atoms with E-state index in [1.54, 1.807) is 6.07 Å². The summed E-state index contributed by atoms with van der Waals surface area (Å²) in [7, 11) is 0. The molecule has 1 aromatic carbocycles. The van der Waals surface area contributed by atoms with Gasteiger partial charge in [0.05, 0.1) is 5.02 Å². The molecule has 0 aliphatic carbocycles. The predicted octanol–water partition coefficient (Wildman–Crippen LogP) is 2.66. The van der Waals surface area contributed by atoms with Crippen LogP contribution in [0.3, 0.4) is 0 Å². The summed E-state index contributed by atoms with van der Waals surface area (Å²) in [5.41, 5.74) is 0.686. The molecule has 1 atom stereocenters. The van der Waals surface area contributed by atoms with Crippen molar-refractivity contribution in [3.63, 3.8) is 0 Å². The molecule has 1 saturated heterocycles. The van der Waals surface area contributed by atoms with Gasteiger partial charge in [-0.3, -0.25) is 4.90 Å². The van der Waals surface area contributed by atoms with Crippen LogP contribution in [0.25, 0.3) is 0 Å². The maximum absolute atomic E-state index is 13.8. The first-order chi connectivity index (χ1) is 8.18. The quantitative estimate of drug-likeness (QED) is 0.875. The second-order valence-corrected chi connectivity index (χ2v) is 4.98. The van der Waals surface area contributed by atoms with Crippen molar-refractivity contribution in [2.24, 2.45) is 0 Å². The summed E-state index contributed by atoms with van der Waals surface area (Å²) in [6.45, 7) is 5.78. The summed E-state index contributed by atoms with van der Waals surface area (Å²) in [4.78, 5) is 2.30. The Kier molecular flexibility index (Phi) is 4.37. The third-order valence-corrected chi connectivity index (χ3v) is 3.63. The standard InChI is InChI=1S/C13H18ClFN2/c1-10-5-6-16-7-8-17(10)9-11-3-2-4-12(14)13(11)15/h2-4,10,16H,5-9H2,1H3. The van der Waals surface area contributed by atoms with Crippen LogP contribution in [-0.2, 0) is 6.54 Å². The number of rotatable bonds is 2. The lowest BCUT2D eigenvalue weighted by atomic mass is 10.1. The van der Waals surface area contributed by atoms with Gasteiger partial charge in [-0.05, 0) is 26.0 Å². The molecule has 4 heteroatoms. The van der Waals surface area contributed by atoms with Gasteiger partial charge in [-0.15, -0.1) is 0 Å². The Morgan fingerprint density at radius 1 is 1.47 bits per heavy atom. The van der Waals surface area contributed by atoms with Crippen LogP contribution < -0.4 is 5.32 Å². The van der Waals surface area contributed by atoms with Crippen LogP contribution in [0.5, 0.6) is 0 Å². The first kappa shape index (κ1) is 12.8. The fourth-order valence-corrected chi connectivity index (χ4v) is 2.38. The van der Waals surface area contributed by atoms with Crippen molar-refractivity contribution in [3.8, 4) is 0 Å². The molecular weight excluding hydrogens is 239 g/mol. The smallest absolute Gasteiger partial charge is 0.146 e.